The Kier molecular flexibility index (Phi) is 2.72. The Labute approximate surface area is 81.4 Å². The minimum atomic E-state index is -2.47. The first-order chi connectivity index (χ1) is 6.77. The van der Waals surface area contributed by atoms with E-state index in [0.717, 1.165) is 24.9 Å². The fourth-order valence-corrected chi connectivity index (χ4v) is 1.72. The Hall–Kier alpha value is -1.03. The van der Waals surface area contributed by atoms with Crippen LogP contribution in [0.4, 0.5) is 8.78 Å². The molecule has 0 aliphatic carbocycles. The van der Waals surface area contributed by atoms with E-state index in [1.165, 1.54) is 6.07 Å². The predicted octanol–water partition coefficient (Wildman–Crippen LogP) is 2.44. The summed E-state index contributed by atoms with van der Waals surface area (Å²) in [5.74, 6) is 0. The quantitative estimate of drug-likeness (QED) is 0.789. The van der Waals surface area contributed by atoms with Gasteiger partial charge in [0.2, 0.25) is 0 Å². The van der Waals surface area contributed by atoms with Crippen molar-refractivity contribution in [3.05, 3.63) is 29.6 Å². The summed E-state index contributed by atoms with van der Waals surface area (Å²) < 4.78 is 24.4. The molecule has 0 spiro atoms. The second-order valence-electron chi connectivity index (χ2n) is 3.47. The highest BCUT2D eigenvalue weighted by Gasteiger charge is 2.17. The van der Waals surface area contributed by atoms with E-state index in [-0.39, 0.29) is 5.69 Å². The van der Waals surface area contributed by atoms with Crippen molar-refractivity contribution in [1.82, 2.24) is 10.3 Å². The van der Waals surface area contributed by atoms with Crippen LogP contribution in [0.3, 0.4) is 0 Å². The minimum Gasteiger partial charge on any atom is -0.310 e. The van der Waals surface area contributed by atoms with Crippen LogP contribution in [0.25, 0.3) is 0 Å². The highest BCUT2D eigenvalue weighted by atomic mass is 19.3. The molecular weight excluding hydrogens is 186 g/mol. The molecule has 76 valence electrons. The maximum atomic E-state index is 12.2. The number of hydrogen-bond acceptors (Lipinski definition) is 2. The van der Waals surface area contributed by atoms with Gasteiger partial charge in [0.15, 0.2) is 0 Å². The highest BCUT2D eigenvalue weighted by molar-refractivity contribution is 5.19. The molecule has 2 rings (SSSR count). The molecule has 2 heterocycles. The van der Waals surface area contributed by atoms with Crippen molar-refractivity contribution in [3.63, 3.8) is 0 Å². The third-order valence-corrected chi connectivity index (χ3v) is 2.50. The van der Waals surface area contributed by atoms with Crippen LogP contribution in [-0.2, 0) is 0 Å². The monoisotopic (exact) mass is 198 g/mol. The molecule has 1 aromatic heterocycles. The molecular formula is C10H12F2N2. The Morgan fingerprint density at radius 1 is 1.43 bits per heavy atom. The molecule has 1 aliphatic rings. The van der Waals surface area contributed by atoms with Crippen LogP contribution in [0, 0.1) is 0 Å². The van der Waals surface area contributed by atoms with Gasteiger partial charge in [-0.3, -0.25) is 4.98 Å². The fraction of sp³-hybridized carbons (Fsp3) is 0.500. The summed E-state index contributed by atoms with van der Waals surface area (Å²) in [5.41, 5.74) is 0.860. The number of pyridine rings is 1. The summed E-state index contributed by atoms with van der Waals surface area (Å²) in [4.78, 5) is 3.73. The average Bonchev–Trinajstić information content (AvgIpc) is 2.71. The summed E-state index contributed by atoms with van der Waals surface area (Å²) in [6, 6.07) is 3.44. The van der Waals surface area contributed by atoms with E-state index in [0.29, 0.717) is 6.04 Å². The van der Waals surface area contributed by atoms with Gasteiger partial charge in [-0.2, -0.15) is 0 Å². The van der Waals surface area contributed by atoms with E-state index in [1.807, 2.05) is 0 Å². The van der Waals surface area contributed by atoms with E-state index in [4.69, 9.17) is 0 Å². The lowest BCUT2D eigenvalue weighted by molar-refractivity contribution is 0.146. The van der Waals surface area contributed by atoms with Gasteiger partial charge in [-0.15, -0.1) is 0 Å². The molecule has 1 atom stereocenters. The van der Waals surface area contributed by atoms with Gasteiger partial charge in [0.25, 0.3) is 6.43 Å². The standard InChI is InChI=1S/C10H12F2N2/c11-10(12)9-4-3-7(6-14-9)8-2-1-5-13-8/h3-4,6,8,10,13H,1-2,5H2. The molecule has 0 amide bonds. The van der Waals surface area contributed by atoms with E-state index < -0.39 is 6.43 Å². The third-order valence-electron chi connectivity index (χ3n) is 2.50. The van der Waals surface area contributed by atoms with Gasteiger partial charge in [0, 0.05) is 12.2 Å². The van der Waals surface area contributed by atoms with E-state index >= 15 is 0 Å². The number of alkyl halides is 2. The summed E-state index contributed by atoms with van der Waals surface area (Å²) in [6.07, 6.45) is 1.28. The lowest BCUT2D eigenvalue weighted by Crippen LogP contribution is -2.13. The SMILES string of the molecule is FC(F)c1ccc(C2CCCN2)cn1. The van der Waals surface area contributed by atoms with E-state index in [2.05, 4.69) is 10.3 Å². The smallest absolute Gasteiger partial charge is 0.280 e. The summed E-state index contributed by atoms with van der Waals surface area (Å²) in [5, 5.41) is 3.29. The van der Waals surface area contributed by atoms with Gasteiger partial charge in [0.05, 0.1) is 0 Å². The van der Waals surface area contributed by atoms with Crippen molar-refractivity contribution in [2.24, 2.45) is 0 Å². The van der Waals surface area contributed by atoms with Crippen molar-refractivity contribution < 1.29 is 8.78 Å². The second kappa shape index (κ2) is 4.00. The van der Waals surface area contributed by atoms with Gasteiger partial charge in [-0.05, 0) is 31.0 Å². The third kappa shape index (κ3) is 1.90. The average molecular weight is 198 g/mol. The van der Waals surface area contributed by atoms with Gasteiger partial charge < -0.3 is 5.32 Å². The van der Waals surface area contributed by atoms with Crippen LogP contribution < -0.4 is 5.32 Å². The highest BCUT2D eigenvalue weighted by Crippen LogP contribution is 2.24. The fourth-order valence-electron chi connectivity index (χ4n) is 1.72. The molecule has 0 aromatic carbocycles. The summed E-state index contributed by atoms with van der Waals surface area (Å²) >= 11 is 0. The van der Waals surface area contributed by atoms with Crippen LogP contribution in [0.15, 0.2) is 18.3 Å². The molecule has 0 radical (unpaired) electrons. The Morgan fingerprint density at radius 2 is 2.29 bits per heavy atom. The van der Waals surface area contributed by atoms with Gasteiger partial charge in [0.1, 0.15) is 5.69 Å². The lowest BCUT2D eigenvalue weighted by atomic mass is 10.1. The largest absolute Gasteiger partial charge is 0.310 e. The molecule has 1 aromatic rings. The van der Waals surface area contributed by atoms with Crippen molar-refractivity contribution in [2.45, 2.75) is 25.3 Å². The maximum absolute atomic E-state index is 12.2. The van der Waals surface area contributed by atoms with E-state index in [9.17, 15) is 8.78 Å². The van der Waals surface area contributed by atoms with Gasteiger partial charge in [-0.1, -0.05) is 6.07 Å². The van der Waals surface area contributed by atoms with Gasteiger partial charge >= 0.3 is 0 Å². The lowest BCUT2D eigenvalue weighted by Gasteiger charge is -2.10. The minimum absolute atomic E-state index is 0.147. The molecule has 1 saturated heterocycles. The molecule has 0 saturated carbocycles. The van der Waals surface area contributed by atoms with Crippen molar-refractivity contribution >= 4 is 0 Å². The normalized spacial score (nSPS) is 21.8. The summed E-state index contributed by atoms with van der Waals surface area (Å²) in [7, 11) is 0. The molecule has 1 fully saturated rings. The first-order valence-electron chi connectivity index (χ1n) is 4.75. The first kappa shape index (κ1) is 9.52. The van der Waals surface area contributed by atoms with Crippen molar-refractivity contribution in [2.75, 3.05) is 6.54 Å². The molecule has 1 aliphatic heterocycles. The molecule has 1 N–H and O–H groups in total. The second-order valence-corrected chi connectivity index (χ2v) is 3.47. The Balaban J connectivity index is 2.12. The number of nitrogens with zero attached hydrogens (tertiary/aromatic N) is 1. The predicted molar refractivity (Wildman–Crippen MR) is 49.2 cm³/mol. The van der Waals surface area contributed by atoms with E-state index in [1.54, 1.807) is 12.3 Å². The van der Waals surface area contributed by atoms with Crippen molar-refractivity contribution in [1.29, 1.82) is 0 Å². The summed E-state index contributed by atoms with van der Waals surface area (Å²) in [6.45, 7) is 1.00. The molecule has 1 unspecified atom stereocenters. The molecule has 2 nitrogen and oxygen atoms in total. The topological polar surface area (TPSA) is 24.9 Å². The maximum Gasteiger partial charge on any atom is 0.280 e. The zero-order valence-corrected chi connectivity index (χ0v) is 7.71. The zero-order chi connectivity index (χ0) is 9.97. The Morgan fingerprint density at radius 3 is 2.79 bits per heavy atom. The molecule has 0 bridgehead atoms. The molecule has 4 heteroatoms. The number of halogens is 2. The van der Waals surface area contributed by atoms with Gasteiger partial charge in [-0.25, -0.2) is 8.78 Å². The van der Waals surface area contributed by atoms with Crippen LogP contribution in [-0.4, -0.2) is 11.5 Å². The first-order valence-corrected chi connectivity index (χ1v) is 4.75. The Bertz CT molecular complexity index is 291. The number of nitrogens with one attached hydrogen (secondary N) is 1. The van der Waals surface area contributed by atoms with Crippen LogP contribution in [0.1, 0.15) is 36.6 Å². The van der Waals surface area contributed by atoms with Crippen LogP contribution in [0.5, 0.6) is 0 Å². The number of rotatable bonds is 2. The number of hydrogen-bond donors (Lipinski definition) is 1. The van der Waals surface area contributed by atoms with Crippen LogP contribution >= 0.6 is 0 Å². The zero-order valence-electron chi connectivity index (χ0n) is 7.71. The number of aromatic nitrogens is 1. The van der Waals surface area contributed by atoms with Crippen molar-refractivity contribution in [3.8, 4) is 0 Å². The van der Waals surface area contributed by atoms with Crippen LogP contribution in [0.2, 0.25) is 0 Å². The molecule has 14 heavy (non-hydrogen) atoms.